The van der Waals surface area contributed by atoms with Gasteiger partial charge in [0.2, 0.25) is 5.16 Å². The van der Waals surface area contributed by atoms with Crippen LogP contribution in [0.3, 0.4) is 0 Å². The maximum atomic E-state index is 12.0. The smallest absolute Gasteiger partial charge is 0.220 e. The zero-order valence-electron chi connectivity index (χ0n) is 8.36. The molecule has 1 aliphatic heterocycles. The molecule has 15 heavy (non-hydrogen) atoms. The van der Waals surface area contributed by atoms with Gasteiger partial charge in [-0.25, -0.2) is 9.97 Å². The normalized spacial score (nSPS) is 22.9. The maximum absolute atomic E-state index is 12.0. The molecule has 1 aliphatic rings. The first-order chi connectivity index (χ1) is 7.18. The van der Waals surface area contributed by atoms with E-state index in [4.69, 9.17) is 11.6 Å². The second-order valence-corrected chi connectivity index (χ2v) is 5.52. The van der Waals surface area contributed by atoms with E-state index < -0.39 is 10.8 Å². The van der Waals surface area contributed by atoms with Crippen molar-refractivity contribution in [2.75, 3.05) is 13.1 Å². The van der Waals surface area contributed by atoms with Crippen molar-refractivity contribution in [3.8, 4) is 0 Å². The van der Waals surface area contributed by atoms with Crippen LogP contribution in [0, 0.1) is 6.92 Å². The molecular weight excluding hydrogens is 234 g/mol. The Morgan fingerprint density at radius 2 is 2.47 bits per heavy atom. The van der Waals surface area contributed by atoms with Crippen molar-refractivity contribution < 1.29 is 4.21 Å². The van der Waals surface area contributed by atoms with Crippen molar-refractivity contribution in [3.63, 3.8) is 0 Å². The molecule has 0 aromatic carbocycles. The molecule has 1 aromatic rings. The van der Waals surface area contributed by atoms with Gasteiger partial charge in [-0.2, -0.15) is 0 Å². The fourth-order valence-corrected chi connectivity index (χ4v) is 2.88. The Morgan fingerprint density at radius 3 is 3.07 bits per heavy atom. The monoisotopic (exact) mass is 245 g/mol. The van der Waals surface area contributed by atoms with Gasteiger partial charge in [-0.15, -0.1) is 0 Å². The van der Waals surface area contributed by atoms with E-state index in [1.165, 1.54) is 0 Å². The van der Waals surface area contributed by atoms with Gasteiger partial charge in [-0.05, 0) is 19.9 Å². The van der Waals surface area contributed by atoms with Gasteiger partial charge in [0.25, 0.3) is 0 Å². The van der Waals surface area contributed by atoms with Crippen LogP contribution < -0.4 is 5.32 Å². The summed E-state index contributed by atoms with van der Waals surface area (Å²) in [5, 5.41) is 4.02. The lowest BCUT2D eigenvalue weighted by Gasteiger charge is -2.07. The molecule has 1 saturated heterocycles. The SMILES string of the molecule is Cc1cnc(S(=O)[C@H]2CCNC2)nc1Cl. The summed E-state index contributed by atoms with van der Waals surface area (Å²) in [5.74, 6) is 0. The summed E-state index contributed by atoms with van der Waals surface area (Å²) in [7, 11) is -1.15. The van der Waals surface area contributed by atoms with Gasteiger partial charge in [-0.1, -0.05) is 11.6 Å². The molecule has 1 unspecified atom stereocenters. The summed E-state index contributed by atoms with van der Waals surface area (Å²) in [5.41, 5.74) is 0.807. The van der Waals surface area contributed by atoms with Crippen molar-refractivity contribution in [2.24, 2.45) is 0 Å². The van der Waals surface area contributed by atoms with Crippen LogP contribution in [0.25, 0.3) is 0 Å². The summed E-state index contributed by atoms with van der Waals surface area (Å²) in [6, 6.07) is 0. The predicted molar refractivity (Wildman–Crippen MR) is 59.5 cm³/mol. The Morgan fingerprint density at radius 1 is 1.67 bits per heavy atom. The van der Waals surface area contributed by atoms with E-state index in [1.807, 2.05) is 6.92 Å². The quantitative estimate of drug-likeness (QED) is 0.622. The topological polar surface area (TPSA) is 54.9 Å². The lowest BCUT2D eigenvalue weighted by molar-refractivity contribution is 0.664. The number of hydrogen-bond donors (Lipinski definition) is 1. The number of nitrogens with zero attached hydrogens (tertiary/aromatic N) is 2. The first-order valence-electron chi connectivity index (χ1n) is 4.79. The van der Waals surface area contributed by atoms with E-state index in [1.54, 1.807) is 6.20 Å². The van der Waals surface area contributed by atoms with Crippen molar-refractivity contribution in [1.29, 1.82) is 0 Å². The van der Waals surface area contributed by atoms with Crippen molar-refractivity contribution in [1.82, 2.24) is 15.3 Å². The minimum absolute atomic E-state index is 0.115. The molecule has 2 heterocycles. The molecule has 6 heteroatoms. The second kappa shape index (κ2) is 4.55. The van der Waals surface area contributed by atoms with Gasteiger partial charge < -0.3 is 5.32 Å². The summed E-state index contributed by atoms with van der Waals surface area (Å²) in [4.78, 5) is 8.10. The van der Waals surface area contributed by atoms with Crippen LogP contribution in [0.4, 0.5) is 0 Å². The third-order valence-electron chi connectivity index (χ3n) is 2.39. The highest BCUT2D eigenvalue weighted by Crippen LogP contribution is 2.16. The minimum atomic E-state index is -1.15. The standard InChI is InChI=1S/C9H12ClN3OS/c1-6-4-12-9(13-8(6)10)15(14)7-2-3-11-5-7/h4,7,11H,2-3,5H2,1H3/t7-,15?/m0/s1. The van der Waals surface area contributed by atoms with Gasteiger partial charge >= 0.3 is 0 Å². The van der Waals surface area contributed by atoms with Gasteiger partial charge in [-0.3, -0.25) is 4.21 Å². The number of aryl methyl sites for hydroxylation is 1. The van der Waals surface area contributed by atoms with Gasteiger partial charge in [0.05, 0.1) is 16.0 Å². The van der Waals surface area contributed by atoms with E-state index in [0.717, 1.165) is 25.1 Å². The lowest BCUT2D eigenvalue weighted by Crippen LogP contribution is -2.20. The number of rotatable bonds is 2. The third-order valence-corrected chi connectivity index (χ3v) is 4.33. The largest absolute Gasteiger partial charge is 0.315 e. The first kappa shape index (κ1) is 11.0. The zero-order valence-corrected chi connectivity index (χ0v) is 9.94. The summed E-state index contributed by atoms with van der Waals surface area (Å²) in [6.45, 7) is 3.50. The fourth-order valence-electron chi connectivity index (χ4n) is 1.46. The summed E-state index contributed by atoms with van der Waals surface area (Å²) in [6.07, 6.45) is 2.52. The van der Waals surface area contributed by atoms with E-state index in [0.29, 0.717) is 10.3 Å². The van der Waals surface area contributed by atoms with E-state index in [9.17, 15) is 4.21 Å². The highest BCUT2D eigenvalue weighted by Gasteiger charge is 2.24. The molecule has 0 radical (unpaired) electrons. The Labute approximate surface area is 95.9 Å². The van der Waals surface area contributed by atoms with Crippen LogP contribution >= 0.6 is 11.6 Å². The van der Waals surface area contributed by atoms with Crippen LogP contribution in [0.1, 0.15) is 12.0 Å². The summed E-state index contributed by atoms with van der Waals surface area (Å²) < 4.78 is 12.0. The van der Waals surface area contributed by atoms with Crippen LogP contribution in [0.5, 0.6) is 0 Å². The number of nitrogens with one attached hydrogen (secondary N) is 1. The molecule has 2 atom stereocenters. The molecule has 0 amide bonds. The molecular formula is C9H12ClN3OS. The van der Waals surface area contributed by atoms with Gasteiger partial charge in [0.1, 0.15) is 5.15 Å². The third kappa shape index (κ3) is 2.35. The molecule has 0 spiro atoms. The molecule has 1 aromatic heterocycles. The van der Waals surface area contributed by atoms with E-state index >= 15 is 0 Å². The van der Waals surface area contributed by atoms with Crippen molar-refractivity contribution in [3.05, 3.63) is 16.9 Å². The van der Waals surface area contributed by atoms with E-state index in [2.05, 4.69) is 15.3 Å². The highest BCUT2D eigenvalue weighted by molar-refractivity contribution is 7.85. The summed E-state index contributed by atoms with van der Waals surface area (Å²) >= 11 is 5.86. The van der Waals surface area contributed by atoms with E-state index in [-0.39, 0.29) is 5.25 Å². The average molecular weight is 246 g/mol. The minimum Gasteiger partial charge on any atom is -0.315 e. The van der Waals surface area contributed by atoms with Crippen molar-refractivity contribution in [2.45, 2.75) is 23.8 Å². The molecule has 2 rings (SSSR count). The predicted octanol–water partition coefficient (Wildman–Crippen LogP) is 0.908. The number of halogens is 1. The Balaban J connectivity index is 2.21. The maximum Gasteiger partial charge on any atom is 0.220 e. The van der Waals surface area contributed by atoms with Crippen molar-refractivity contribution >= 4 is 22.4 Å². The fraction of sp³-hybridized carbons (Fsp3) is 0.556. The molecule has 1 fully saturated rings. The molecule has 0 aliphatic carbocycles. The Kier molecular flexibility index (Phi) is 3.33. The molecule has 82 valence electrons. The van der Waals surface area contributed by atoms with Crippen LogP contribution in [0.15, 0.2) is 11.4 Å². The van der Waals surface area contributed by atoms with Crippen LogP contribution in [0.2, 0.25) is 5.15 Å². The number of aromatic nitrogens is 2. The number of hydrogen-bond acceptors (Lipinski definition) is 4. The average Bonchev–Trinajstić information content (AvgIpc) is 2.74. The molecule has 4 nitrogen and oxygen atoms in total. The highest BCUT2D eigenvalue weighted by atomic mass is 35.5. The van der Waals surface area contributed by atoms with Crippen LogP contribution in [-0.2, 0) is 10.8 Å². The van der Waals surface area contributed by atoms with Gasteiger partial charge in [0.15, 0.2) is 0 Å². The van der Waals surface area contributed by atoms with Crippen LogP contribution in [-0.4, -0.2) is 32.5 Å². The zero-order chi connectivity index (χ0) is 10.8. The molecule has 0 bridgehead atoms. The van der Waals surface area contributed by atoms with Gasteiger partial charge in [0, 0.05) is 18.3 Å². The first-order valence-corrected chi connectivity index (χ1v) is 6.38. The Bertz CT molecular complexity index is 393. The Hall–Kier alpha value is -0.520. The molecule has 1 N–H and O–H groups in total. The lowest BCUT2D eigenvalue weighted by atomic mass is 10.4. The second-order valence-electron chi connectivity index (χ2n) is 3.54. The molecule has 0 saturated carbocycles.